The number of rotatable bonds is 7. The van der Waals surface area contributed by atoms with Crippen LogP contribution in [0.25, 0.3) is 0 Å². The molecule has 170 valence electrons. The average molecular weight is 537 g/mol. The predicted molar refractivity (Wildman–Crippen MR) is 140 cm³/mol. The fourth-order valence-corrected chi connectivity index (χ4v) is 3.71. The minimum absolute atomic E-state index is 0. The van der Waals surface area contributed by atoms with Gasteiger partial charge in [0.15, 0.2) is 5.96 Å². The molecule has 6 nitrogen and oxygen atoms in total. The molecule has 2 aromatic rings. The molecular formula is C24H36IN5O. The van der Waals surface area contributed by atoms with Crippen LogP contribution in [0.2, 0.25) is 0 Å². The van der Waals surface area contributed by atoms with Crippen molar-refractivity contribution in [1.82, 2.24) is 15.6 Å². The number of ether oxygens (including phenoxy) is 1. The highest BCUT2D eigenvalue weighted by atomic mass is 127. The van der Waals surface area contributed by atoms with E-state index in [-0.39, 0.29) is 24.0 Å². The SMILES string of the molecule is CCNC(=NCc1ccc(OCC)c(C)c1)NC1CCN(c2ccc(C)cn2)CC1.I. The quantitative estimate of drug-likeness (QED) is 0.311. The minimum atomic E-state index is 0. The van der Waals surface area contributed by atoms with Crippen molar-refractivity contribution in [2.75, 3.05) is 31.1 Å². The lowest BCUT2D eigenvalue weighted by atomic mass is 10.1. The molecular weight excluding hydrogens is 501 g/mol. The summed E-state index contributed by atoms with van der Waals surface area (Å²) < 4.78 is 5.63. The van der Waals surface area contributed by atoms with Crippen molar-refractivity contribution in [2.24, 2.45) is 4.99 Å². The zero-order valence-electron chi connectivity index (χ0n) is 19.1. The molecule has 1 saturated heterocycles. The summed E-state index contributed by atoms with van der Waals surface area (Å²) in [6, 6.07) is 11.0. The number of anilines is 1. The van der Waals surface area contributed by atoms with Crippen molar-refractivity contribution in [1.29, 1.82) is 0 Å². The summed E-state index contributed by atoms with van der Waals surface area (Å²) in [6.07, 6.45) is 4.09. The summed E-state index contributed by atoms with van der Waals surface area (Å²) in [5, 5.41) is 7.01. The Labute approximate surface area is 203 Å². The number of hydrogen-bond donors (Lipinski definition) is 2. The Balaban J connectivity index is 0.00000341. The van der Waals surface area contributed by atoms with Crippen LogP contribution in [0.1, 0.15) is 43.4 Å². The Morgan fingerprint density at radius 3 is 2.55 bits per heavy atom. The highest BCUT2D eigenvalue weighted by Gasteiger charge is 2.20. The Morgan fingerprint density at radius 1 is 1.16 bits per heavy atom. The van der Waals surface area contributed by atoms with Gasteiger partial charge in [0.2, 0.25) is 0 Å². The molecule has 3 rings (SSSR count). The van der Waals surface area contributed by atoms with E-state index in [0.29, 0.717) is 19.2 Å². The van der Waals surface area contributed by atoms with E-state index in [1.54, 1.807) is 0 Å². The van der Waals surface area contributed by atoms with Gasteiger partial charge in [-0.15, -0.1) is 24.0 Å². The second-order valence-electron chi connectivity index (χ2n) is 7.83. The maximum Gasteiger partial charge on any atom is 0.191 e. The highest BCUT2D eigenvalue weighted by molar-refractivity contribution is 14.0. The minimum Gasteiger partial charge on any atom is -0.494 e. The van der Waals surface area contributed by atoms with E-state index in [1.165, 1.54) is 11.1 Å². The standard InChI is InChI=1S/C24H35N5O.HI/c1-5-25-24(27-17-20-8-9-22(30-6-2)19(4)15-20)28-21-11-13-29(14-12-21)23-10-7-18(3)16-26-23;/h7-10,15-16,21H,5-6,11-14,17H2,1-4H3,(H2,25,27,28);1H. The molecule has 1 aliphatic heterocycles. The van der Waals surface area contributed by atoms with Crippen molar-refractivity contribution >= 4 is 35.8 Å². The van der Waals surface area contributed by atoms with Gasteiger partial charge in [-0.25, -0.2) is 9.98 Å². The first kappa shape index (κ1) is 25.2. The normalized spacial score (nSPS) is 14.7. The zero-order chi connectivity index (χ0) is 21.3. The molecule has 1 aliphatic rings. The van der Waals surface area contributed by atoms with Crippen molar-refractivity contribution < 1.29 is 4.74 Å². The lowest BCUT2D eigenvalue weighted by Gasteiger charge is -2.33. The van der Waals surface area contributed by atoms with Crippen molar-refractivity contribution in [3.8, 4) is 5.75 Å². The summed E-state index contributed by atoms with van der Waals surface area (Å²) in [5.41, 5.74) is 3.54. The maximum absolute atomic E-state index is 5.63. The van der Waals surface area contributed by atoms with Crippen molar-refractivity contribution in [2.45, 2.75) is 53.1 Å². The van der Waals surface area contributed by atoms with Gasteiger partial charge in [0, 0.05) is 31.9 Å². The Bertz CT molecular complexity index is 832. The van der Waals surface area contributed by atoms with Crippen LogP contribution in [0, 0.1) is 13.8 Å². The summed E-state index contributed by atoms with van der Waals surface area (Å²) in [7, 11) is 0. The number of guanidine groups is 1. The number of hydrogen-bond acceptors (Lipinski definition) is 4. The molecule has 31 heavy (non-hydrogen) atoms. The van der Waals surface area contributed by atoms with Crippen LogP contribution in [0.3, 0.4) is 0 Å². The molecule has 0 amide bonds. The molecule has 0 unspecified atom stereocenters. The van der Waals surface area contributed by atoms with Gasteiger partial charge < -0.3 is 20.3 Å². The average Bonchev–Trinajstić information content (AvgIpc) is 2.75. The third-order valence-electron chi connectivity index (χ3n) is 5.36. The maximum atomic E-state index is 5.63. The molecule has 2 heterocycles. The molecule has 0 radical (unpaired) electrons. The monoisotopic (exact) mass is 537 g/mol. The molecule has 0 aliphatic carbocycles. The van der Waals surface area contributed by atoms with Crippen molar-refractivity contribution in [3.05, 3.63) is 53.2 Å². The number of aromatic nitrogens is 1. The second-order valence-corrected chi connectivity index (χ2v) is 7.83. The van der Waals surface area contributed by atoms with Crippen LogP contribution >= 0.6 is 24.0 Å². The number of aryl methyl sites for hydroxylation is 2. The Kier molecular flexibility index (Phi) is 10.4. The molecule has 1 aromatic carbocycles. The van der Waals surface area contributed by atoms with E-state index in [1.807, 2.05) is 19.2 Å². The van der Waals surface area contributed by atoms with Crippen LogP contribution in [-0.2, 0) is 6.54 Å². The van der Waals surface area contributed by atoms with E-state index in [9.17, 15) is 0 Å². The second kappa shape index (κ2) is 12.7. The number of nitrogens with one attached hydrogen (secondary N) is 2. The van der Waals surface area contributed by atoms with Crippen LogP contribution in [0.5, 0.6) is 5.75 Å². The summed E-state index contributed by atoms with van der Waals surface area (Å²) in [4.78, 5) is 11.7. The summed E-state index contributed by atoms with van der Waals surface area (Å²) >= 11 is 0. The first-order valence-corrected chi connectivity index (χ1v) is 11.0. The molecule has 1 fully saturated rings. The van der Waals surface area contributed by atoms with Gasteiger partial charge in [-0.3, -0.25) is 0 Å². The third-order valence-corrected chi connectivity index (χ3v) is 5.36. The van der Waals surface area contributed by atoms with Crippen LogP contribution in [0.4, 0.5) is 5.82 Å². The first-order chi connectivity index (χ1) is 14.6. The van der Waals surface area contributed by atoms with E-state index in [4.69, 9.17) is 9.73 Å². The Hall–Kier alpha value is -2.03. The van der Waals surface area contributed by atoms with E-state index < -0.39 is 0 Å². The van der Waals surface area contributed by atoms with Gasteiger partial charge in [-0.2, -0.15) is 0 Å². The Morgan fingerprint density at radius 2 is 1.94 bits per heavy atom. The van der Waals surface area contributed by atoms with Gasteiger partial charge in [0.25, 0.3) is 0 Å². The van der Waals surface area contributed by atoms with Crippen LogP contribution < -0.4 is 20.3 Å². The number of aliphatic imine (C=N–C) groups is 1. The summed E-state index contributed by atoms with van der Waals surface area (Å²) in [6.45, 7) is 12.5. The number of halogens is 1. The molecule has 1 aromatic heterocycles. The van der Waals surface area contributed by atoms with Crippen molar-refractivity contribution in [3.63, 3.8) is 0 Å². The van der Waals surface area contributed by atoms with E-state index >= 15 is 0 Å². The number of pyridine rings is 1. The molecule has 2 N–H and O–H groups in total. The lowest BCUT2D eigenvalue weighted by Crippen LogP contribution is -2.48. The highest BCUT2D eigenvalue weighted by Crippen LogP contribution is 2.20. The van der Waals surface area contributed by atoms with Gasteiger partial charge >= 0.3 is 0 Å². The third kappa shape index (κ3) is 7.55. The number of piperidine rings is 1. The number of nitrogens with zero attached hydrogens (tertiary/aromatic N) is 3. The van der Waals surface area contributed by atoms with Gasteiger partial charge in [0.1, 0.15) is 11.6 Å². The summed E-state index contributed by atoms with van der Waals surface area (Å²) in [5.74, 6) is 2.91. The zero-order valence-corrected chi connectivity index (χ0v) is 21.5. The molecule has 7 heteroatoms. The molecule has 0 saturated carbocycles. The van der Waals surface area contributed by atoms with E-state index in [0.717, 1.165) is 55.6 Å². The van der Waals surface area contributed by atoms with Crippen LogP contribution in [-0.4, -0.2) is 43.2 Å². The lowest BCUT2D eigenvalue weighted by molar-refractivity contribution is 0.338. The van der Waals surface area contributed by atoms with Crippen LogP contribution in [0.15, 0.2) is 41.5 Å². The number of benzene rings is 1. The van der Waals surface area contributed by atoms with Gasteiger partial charge in [-0.05, 0) is 69.4 Å². The fraction of sp³-hybridized carbons (Fsp3) is 0.500. The predicted octanol–water partition coefficient (Wildman–Crippen LogP) is 4.44. The van der Waals surface area contributed by atoms with Gasteiger partial charge in [-0.1, -0.05) is 18.2 Å². The molecule has 0 bridgehead atoms. The topological polar surface area (TPSA) is 61.8 Å². The largest absolute Gasteiger partial charge is 0.494 e. The molecule has 0 spiro atoms. The van der Waals surface area contributed by atoms with Gasteiger partial charge in [0.05, 0.1) is 13.2 Å². The smallest absolute Gasteiger partial charge is 0.191 e. The van der Waals surface area contributed by atoms with E-state index in [2.05, 4.69) is 65.6 Å². The molecule has 0 atom stereocenters. The first-order valence-electron chi connectivity index (χ1n) is 11.0. The fourth-order valence-electron chi connectivity index (χ4n) is 3.71.